The number of anilines is 1. The maximum atomic E-state index is 12.3. The molecule has 1 N–H and O–H groups in total. The molecule has 0 bridgehead atoms. The number of ether oxygens (including phenoxy) is 1. The molecule has 1 aliphatic rings. The topological polar surface area (TPSA) is 98.5 Å². The Balaban J connectivity index is 1.65. The Labute approximate surface area is 156 Å². The molecule has 0 saturated heterocycles. The monoisotopic (exact) mass is 368 g/mol. The van der Waals surface area contributed by atoms with Crippen LogP contribution in [-0.2, 0) is 22.4 Å². The molecule has 2 aromatic carbocycles. The second-order valence-corrected chi connectivity index (χ2v) is 6.63. The number of carbonyl (C=O) groups is 2. The van der Waals surface area contributed by atoms with Gasteiger partial charge >= 0.3 is 5.97 Å². The van der Waals surface area contributed by atoms with Gasteiger partial charge in [-0.15, -0.1) is 0 Å². The third-order valence-corrected chi connectivity index (χ3v) is 4.66. The van der Waals surface area contributed by atoms with Gasteiger partial charge in [-0.05, 0) is 62.4 Å². The lowest BCUT2D eigenvalue weighted by atomic mass is 10.1. The molecule has 0 saturated carbocycles. The predicted molar refractivity (Wildman–Crippen MR) is 99.8 cm³/mol. The Hall–Kier alpha value is -3.22. The van der Waals surface area contributed by atoms with Crippen molar-refractivity contribution in [2.75, 3.05) is 5.32 Å². The molecule has 0 aliphatic heterocycles. The average molecular weight is 368 g/mol. The number of amides is 1. The molecule has 140 valence electrons. The van der Waals surface area contributed by atoms with Crippen LogP contribution in [-0.4, -0.2) is 22.9 Å². The summed E-state index contributed by atoms with van der Waals surface area (Å²) in [6.45, 7) is 3.04. The zero-order valence-corrected chi connectivity index (χ0v) is 15.2. The number of fused-ring (bicyclic) bond motifs is 1. The normalized spacial score (nSPS) is 13.6. The quantitative estimate of drug-likeness (QED) is 0.494. The zero-order valence-electron chi connectivity index (χ0n) is 15.2. The van der Waals surface area contributed by atoms with E-state index in [9.17, 15) is 19.7 Å². The van der Waals surface area contributed by atoms with Gasteiger partial charge in [0, 0.05) is 17.3 Å². The van der Waals surface area contributed by atoms with Crippen LogP contribution < -0.4 is 5.32 Å². The van der Waals surface area contributed by atoms with E-state index < -0.39 is 22.9 Å². The van der Waals surface area contributed by atoms with Gasteiger partial charge in [-0.1, -0.05) is 12.1 Å². The molecular formula is C20H20N2O5. The summed E-state index contributed by atoms with van der Waals surface area (Å²) in [5.74, 6) is -1.24. The minimum atomic E-state index is -1.04. The average Bonchev–Trinajstić information content (AvgIpc) is 3.09. The van der Waals surface area contributed by atoms with E-state index in [-0.39, 0.29) is 11.3 Å². The van der Waals surface area contributed by atoms with Crippen LogP contribution in [0, 0.1) is 17.0 Å². The number of nitro benzene ring substituents is 1. The molecule has 3 rings (SSSR count). The lowest BCUT2D eigenvalue weighted by Gasteiger charge is -2.14. The van der Waals surface area contributed by atoms with Crippen LogP contribution in [0.15, 0.2) is 36.4 Å². The van der Waals surface area contributed by atoms with Crippen molar-refractivity contribution in [2.45, 2.75) is 39.2 Å². The largest absolute Gasteiger partial charge is 0.449 e. The van der Waals surface area contributed by atoms with Crippen molar-refractivity contribution < 1.29 is 19.2 Å². The van der Waals surface area contributed by atoms with E-state index >= 15 is 0 Å². The molecule has 1 amide bonds. The summed E-state index contributed by atoms with van der Waals surface area (Å²) >= 11 is 0. The Morgan fingerprint density at radius 2 is 1.89 bits per heavy atom. The standard InChI is InChI=1S/C20H20N2O5/c1-12-6-7-16(11-18(12)22(25)26)20(24)27-13(2)19(23)21-17-9-8-14-4-3-5-15(14)10-17/h6-11,13H,3-5H2,1-2H3,(H,21,23)/t13-/m0/s1. The second-order valence-electron chi connectivity index (χ2n) is 6.63. The Kier molecular flexibility index (Phi) is 5.21. The van der Waals surface area contributed by atoms with E-state index in [0.29, 0.717) is 11.3 Å². The lowest BCUT2D eigenvalue weighted by molar-refractivity contribution is -0.385. The molecule has 0 radical (unpaired) electrons. The fourth-order valence-corrected chi connectivity index (χ4v) is 3.11. The second kappa shape index (κ2) is 7.57. The molecule has 0 spiro atoms. The van der Waals surface area contributed by atoms with E-state index in [0.717, 1.165) is 25.3 Å². The van der Waals surface area contributed by atoms with Crippen molar-refractivity contribution in [3.63, 3.8) is 0 Å². The molecular weight excluding hydrogens is 348 g/mol. The molecule has 1 atom stereocenters. The molecule has 0 fully saturated rings. The molecule has 7 heteroatoms. The van der Waals surface area contributed by atoms with Crippen LogP contribution in [0.1, 0.15) is 40.4 Å². The highest BCUT2D eigenvalue weighted by Gasteiger charge is 2.22. The van der Waals surface area contributed by atoms with Crippen molar-refractivity contribution in [2.24, 2.45) is 0 Å². The van der Waals surface area contributed by atoms with Gasteiger partial charge in [-0.25, -0.2) is 4.79 Å². The first-order chi connectivity index (χ1) is 12.8. The van der Waals surface area contributed by atoms with Crippen LogP contribution in [0.25, 0.3) is 0 Å². The van der Waals surface area contributed by atoms with Crippen molar-refractivity contribution in [3.8, 4) is 0 Å². The maximum absolute atomic E-state index is 12.3. The lowest BCUT2D eigenvalue weighted by Crippen LogP contribution is -2.30. The number of carbonyl (C=O) groups excluding carboxylic acids is 2. The summed E-state index contributed by atoms with van der Waals surface area (Å²) in [4.78, 5) is 35.0. The number of esters is 1. The molecule has 0 unspecified atom stereocenters. The summed E-state index contributed by atoms with van der Waals surface area (Å²) < 4.78 is 5.16. The summed E-state index contributed by atoms with van der Waals surface area (Å²) in [6.07, 6.45) is 2.13. The predicted octanol–water partition coefficient (Wildman–Crippen LogP) is 3.58. The van der Waals surface area contributed by atoms with Crippen LogP contribution >= 0.6 is 0 Å². The van der Waals surface area contributed by atoms with E-state index in [1.54, 1.807) is 6.92 Å². The number of hydrogen-bond donors (Lipinski definition) is 1. The molecule has 0 heterocycles. The highest BCUT2D eigenvalue weighted by atomic mass is 16.6. The third-order valence-electron chi connectivity index (χ3n) is 4.66. The maximum Gasteiger partial charge on any atom is 0.339 e. The summed E-state index contributed by atoms with van der Waals surface area (Å²) in [5, 5.41) is 13.7. The van der Waals surface area contributed by atoms with Gasteiger partial charge < -0.3 is 10.1 Å². The SMILES string of the molecule is Cc1ccc(C(=O)O[C@@H](C)C(=O)Nc2ccc3c(c2)CCC3)cc1[N+](=O)[O-]. The van der Waals surface area contributed by atoms with E-state index in [1.165, 1.54) is 30.2 Å². The third kappa shape index (κ3) is 4.13. The van der Waals surface area contributed by atoms with Crippen LogP contribution in [0.2, 0.25) is 0 Å². The molecule has 2 aromatic rings. The van der Waals surface area contributed by atoms with E-state index in [4.69, 9.17) is 4.74 Å². The highest BCUT2D eigenvalue weighted by Crippen LogP contribution is 2.25. The molecule has 27 heavy (non-hydrogen) atoms. The number of nitro groups is 1. The van der Waals surface area contributed by atoms with Crippen LogP contribution in [0.4, 0.5) is 11.4 Å². The van der Waals surface area contributed by atoms with Gasteiger partial charge in [0.05, 0.1) is 10.5 Å². The highest BCUT2D eigenvalue weighted by molar-refractivity contribution is 5.97. The number of nitrogens with zero attached hydrogens (tertiary/aromatic N) is 1. The fourth-order valence-electron chi connectivity index (χ4n) is 3.11. The van der Waals surface area contributed by atoms with Gasteiger partial charge in [-0.2, -0.15) is 0 Å². The molecule has 0 aromatic heterocycles. The van der Waals surface area contributed by atoms with Crippen LogP contribution in [0.5, 0.6) is 0 Å². The number of benzene rings is 2. The van der Waals surface area contributed by atoms with Crippen molar-refractivity contribution in [3.05, 3.63) is 68.8 Å². The number of nitrogens with one attached hydrogen (secondary N) is 1. The fraction of sp³-hybridized carbons (Fsp3) is 0.300. The summed E-state index contributed by atoms with van der Waals surface area (Å²) in [6, 6.07) is 9.85. The van der Waals surface area contributed by atoms with Crippen molar-refractivity contribution >= 4 is 23.3 Å². The van der Waals surface area contributed by atoms with Crippen LogP contribution in [0.3, 0.4) is 0 Å². The minimum Gasteiger partial charge on any atom is -0.449 e. The van der Waals surface area contributed by atoms with Gasteiger partial charge in [0.1, 0.15) is 0 Å². The zero-order chi connectivity index (χ0) is 19.6. The number of hydrogen-bond acceptors (Lipinski definition) is 5. The molecule has 7 nitrogen and oxygen atoms in total. The summed E-state index contributed by atoms with van der Waals surface area (Å²) in [5.41, 5.74) is 3.50. The van der Waals surface area contributed by atoms with E-state index in [2.05, 4.69) is 5.32 Å². The number of rotatable bonds is 5. The van der Waals surface area contributed by atoms with Crippen molar-refractivity contribution in [1.29, 1.82) is 0 Å². The summed E-state index contributed by atoms with van der Waals surface area (Å²) in [7, 11) is 0. The first-order valence-corrected chi connectivity index (χ1v) is 8.74. The van der Waals surface area contributed by atoms with E-state index in [1.807, 2.05) is 18.2 Å². The van der Waals surface area contributed by atoms with Crippen molar-refractivity contribution in [1.82, 2.24) is 0 Å². The minimum absolute atomic E-state index is 0.0319. The first kappa shape index (κ1) is 18.6. The van der Waals surface area contributed by atoms with Gasteiger partial charge in [0.15, 0.2) is 6.10 Å². The smallest absolute Gasteiger partial charge is 0.339 e. The van der Waals surface area contributed by atoms with Gasteiger partial charge in [-0.3, -0.25) is 14.9 Å². The Morgan fingerprint density at radius 1 is 1.15 bits per heavy atom. The Morgan fingerprint density at radius 3 is 2.63 bits per heavy atom. The van der Waals surface area contributed by atoms with Gasteiger partial charge in [0.25, 0.3) is 11.6 Å². The van der Waals surface area contributed by atoms with Gasteiger partial charge in [0.2, 0.25) is 0 Å². The number of aryl methyl sites for hydroxylation is 3. The Bertz CT molecular complexity index is 923. The molecule has 1 aliphatic carbocycles. The first-order valence-electron chi connectivity index (χ1n) is 8.74.